The lowest BCUT2D eigenvalue weighted by atomic mass is 9.95. The Kier molecular flexibility index (Phi) is 2.67. The Labute approximate surface area is 106 Å². The Bertz CT molecular complexity index is 531. The second-order valence-corrected chi connectivity index (χ2v) is 5.04. The SMILES string of the molecule is CC(CN)c1nc(C2(c3ccccc3)CC2)no1. The average molecular weight is 243 g/mol. The van der Waals surface area contributed by atoms with Crippen LogP contribution in [0.3, 0.4) is 0 Å². The predicted molar refractivity (Wildman–Crippen MR) is 68.2 cm³/mol. The van der Waals surface area contributed by atoms with Crippen LogP contribution in [0.25, 0.3) is 0 Å². The first-order valence-corrected chi connectivity index (χ1v) is 6.36. The topological polar surface area (TPSA) is 64.9 Å². The van der Waals surface area contributed by atoms with Gasteiger partial charge < -0.3 is 10.3 Å². The van der Waals surface area contributed by atoms with E-state index < -0.39 is 0 Å². The third-order valence-corrected chi connectivity index (χ3v) is 3.72. The Morgan fingerprint density at radius 2 is 2.06 bits per heavy atom. The summed E-state index contributed by atoms with van der Waals surface area (Å²) in [6, 6.07) is 10.4. The summed E-state index contributed by atoms with van der Waals surface area (Å²) in [6.45, 7) is 2.53. The molecule has 1 aromatic heterocycles. The van der Waals surface area contributed by atoms with Gasteiger partial charge in [-0.15, -0.1) is 0 Å². The first-order valence-electron chi connectivity index (χ1n) is 6.36. The summed E-state index contributed by atoms with van der Waals surface area (Å²) in [5.41, 5.74) is 6.88. The Morgan fingerprint density at radius 3 is 2.67 bits per heavy atom. The van der Waals surface area contributed by atoms with E-state index in [1.807, 2.05) is 13.0 Å². The van der Waals surface area contributed by atoms with Gasteiger partial charge in [0.2, 0.25) is 5.89 Å². The fourth-order valence-corrected chi connectivity index (χ4v) is 2.25. The smallest absolute Gasteiger partial charge is 0.230 e. The molecule has 1 heterocycles. The molecular weight excluding hydrogens is 226 g/mol. The van der Waals surface area contributed by atoms with Gasteiger partial charge in [0.1, 0.15) is 0 Å². The molecule has 0 saturated heterocycles. The van der Waals surface area contributed by atoms with Gasteiger partial charge in [0.25, 0.3) is 0 Å². The van der Waals surface area contributed by atoms with Crippen molar-refractivity contribution in [3.8, 4) is 0 Å². The fourth-order valence-electron chi connectivity index (χ4n) is 2.25. The molecule has 1 aliphatic carbocycles. The lowest BCUT2D eigenvalue weighted by molar-refractivity contribution is 0.354. The van der Waals surface area contributed by atoms with Crippen molar-refractivity contribution < 1.29 is 4.52 Å². The molecule has 4 nitrogen and oxygen atoms in total. The molecule has 4 heteroatoms. The van der Waals surface area contributed by atoms with Crippen LogP contribution in [0.5, 0.6) is 0 Å². The van der Waals surface area contributed by atoms with Crippen LogP contribution in [0, 0.1) is 0 Å². The van der Waals surface area contributed by atoms with Crippen molar-refractivity contribution in [2.24, 2.45) is 5.73 Å². The van der Waals surface area contributed by atoms with Gasteiger partial charge in [0.05, 0.1) is 5.41 Å². The van der Waals surface area contributed by atoms with Gasteiger partial charge in [0, 0.05) is 12.5 Å². The molecule has 1 saturated carbocycles. The van der Waals surface area contributed by atoms with Crippen LogP contribution in [-0.2, 0) is 5.41 Å². The number of nitrogens with zero attached hydrogens (tertiary/aromatic N) is 2. The van der Waals surface area contributed by atoms with E-state index in [1.54, 1.807) is 0 Å². The quantitative estimate of drug-likeness (QED) is 0.894. The monoisotopic (exact) mass is 243 g/mol. The van der Waals surface area contributed by atoms with Gasteiger partial charge in [-0.3, -0.25) is 0 Å². The van der Waals surface area contributed by atoms with Crippen LogP contribution in [0.15, 0.2) is 34.9 Å². The highest BCUT2D eigenvalue weighted by Crippen LogP contribution is 2.52. The van der Waals surface area contributed by atoms with Crippen molar-refractivity contribution in [1.29, 1.82) is 0 Å². The fraction of sp³-hybridized carbons (Fsp3) is 0.429. The molecule has 0 radical (unpaired) electrons. The van der Waals surface area contributed by atoms with Crippen molar-refractivity contribution in [2.75, 3.05) is 6.54 Å². The highest BCUT2D eigenvalue weighted by atomic mass is 16.5. The van der Waals surface area contributed by atoms with Crippen LogP contribution in [0.4, 0.5) is 0 Å². The second kappa shape index (κ2) is 4.21. The van der Waals surface area contributed by atoms with E-state index in [0.717, 1.165) is 18.7 Å². The van der Waals surface area contributed by atoms with Crippen LogP contribution < -0.4 is 5.73 Å². The minimum Gasteiger partial charge on any atom is -0.339 e. The molecule has 1 unspecified atom stereocenters. The molecule has 0 bridgehead atoms. The number of rotatable bonds is 4. The Morgan fingerprint density at radius 1 is 1.33 bits per heavy atom. The van der Waals surface area contributed by atoms with E-state index in [2.05, 4.69) is 34.4 Å². The third kappa shape index (κ3) is 1.73. The molecule has 2 aromatic rings. The van der Waals surface area contributed by atoms with Crippen molar-refractivity contribution in [1.82, 2.24) is 10.1 Å². The highest BCUT2D eigenvalue weighted by Gasteiger charge is 2.49. The minimum absolute atomic E-state index is 0.0165. The lowest BCUT2D eigenvalue weighted by Crippen LogP contribution is -2.12. The zero-order chi connectivity index (χ0) is 12.6. The maximum Gasteiger partial charge on any atom is 0.230 e. The molecular formula is C14H17N3O. The number of aromatic nitrogens is 2. The summed E-state index contributed by atoms with van der Waals surface area (Å²) in [5.74, 6) is 1.58. The maximum atomic E-state index is 5.62. The summed E-state index contributed by atoms with van der Waals surface area (Å²) < 4.78 is 5.32. The summed E-state index contributed by atoms with van der Waals surface area (Å²) in [4.78, 5) is 4.53. The van der Waals surface area contributed by atoms with Crippen molar-refractivity contribution >= 4 is 0 Å². The lowest BCUT2D eigenvalue weighted by Gasteiger charge is -2.10. The van der Waals surface area contributed by atoms with Crippen LogP contribution in [-0.4, -0.2) is 16.7 Å². The first-order chi connectivity index (χ1) is 8.76. The Hall–Kier alpha value is -1.68. The van der Waals surface area contributed by atoms with E-state index >= 15 is 0 Å². The van der Waals surface area contributed by atoms with Crippen molar-refractivity contribution in [2.45, 2.75) is 31.1 Å². The first kappa shape index (κ1) is 11.4. The summed E-state index contributed by atoms with van der Waals surface area (Å²) in [7, 11) is 0. The normalized spacial score (nSPS) is 18.6. The van der Waals surface area contributed by atoms with Gasteiger partial charge in [0.15, 0.2) is 5.82 Å². The highest BCUT2D eigenvalue weighted by molar-refractivity contribution is 5.38. The molecule has 3 rings (SSSR count). The third-order valence-electron chi connectivity index (χ3n) is 3.72. The van der Waals surface area contributed by atoms with Crippen LogP contribution in [0.2, 0.25) is 0 Å². The van der Waals surface area contributed by atoms with Crippen molar-refractivity contribution in [3.05, 3.63) is 47.6 Å². The maximum absolute atomic E-state index is 5.62. The van der Waals surface area contributed by atoms with Crippen LogP contribution >= 0.6 is 0 Å². The molecule has 0 spiro atoms. The number of nitrogens with two attached hydrogens (primary N) is 1. The van der Waals surface area contributed by atoms with Gasteiger partial charge in [-0.25, -0.2) is 0 Å². The molecule has 1 aromatic carbocycles. The molecule has 1 fully saturated rings. The summed E-state index contributed by atoms with van der Waals surface area (Å²) in [6.07, 6.45) is 2.18. The van der Waals surface area contributed by atoms with Gasteiger partial charge in [-0.2, -0.15) is 4.98 Å². The average Bonchev–Trinajstić information content (AvgIpc) is 3.10. The standard InChI is InChI=1S/C14H17N3O/c1-10(9-15)12-16-13(17-18-12)14(7-8-14)11-5-3-2-4-6-11/h2-6,10H,7-9,15H2,1H3. The van der Waals surface area contributed by atoms with E-state index in [1.165, 1.54) is 5.56 Å². The largest absolute Gasteiger partial charge is 0.339 e. The van der Waals surface area contributed by atoms with Crippen molar-refractivity contribution in [3.63, 3.8) is 0 Å². The number of hydrogen-bond donors (Lipinski definition) is 1. The van der Waals surface area contributed by atoms with E-state index in [0.29, 0.717) is 12.4 Å². The second-order valence-electron chi connectivity index (χ2n) is 5.04. The summed E-state index contributed by atoms with van der Waals surface area (Å²) >= 11 is 0. The van der Waals surface area contributed by atoms with E-state index in [9.17, 15) is 0 Å². The molecule has 2 N–H and O–H groups in total. The molecule has 0 aliphatic heterocycles. The van der Waals surface area contributed by atoms with E-state index in [4.69, 9.17) is 10.3 Å². The van der Waals surface area contributed by atoms with Gasteiger partial charge >= 0.3 is 0 Å². The number of hydrogen-bond acceptors (Lipinski definition) is 4. The Balaban J connectivity index is 1.93. The molecule has 1 atom stereocenters. The minimum atomic E-state index is -0.0165. The van der Waals surface area contributed by atoms with Gasteiger partial charge in [-0.1, -0.05) is 42.4 Å². The number of benzene rings is 1. The van der Waals surface area contributed by atoms with Gasteiger partial charge in [-0.05, 0) is 18.4 Å². The summed E-state index contributed by atoms with van der Waals surface area (Å²) in [5, 5.41) is 4.15. The molecule has 0 amide bonds. The molecule has 94 valence electrons. The van der Waals surface area contributed by atoms with E-state index in [-0.39, 0.29) is 11.3 Å². The molecule has 1 aliphatic rings. The predicted octanol–water partition coefficient (Wildman–Crippen LogP) is 2.21. The molecule has 18 heavy (non-hydrogen) atoms. The zero-order valence-electron chi connectivity index (χ0n) is 10.5. The van der Waals surface area contributed by atoms with Crippen LogP contribution in [0.1, 0.15) is 43.0 Å². The zero-order valence-corrected chi connectivity index (χ0v) is 10.5.